The molecule has 1 rings (SSSR count). The van der Waals surface area contributed by atoms with Gasteiger partial charge < -0.3 is 4.72 Å². The molecule has 0 bridgehead atoms. The minimum atomic E-state index is -0.834. The third-order valence-corrected chi connectivity index (χ3v) is 2.64. The molecule has 0 aliphatic rings. The van der Waals surface area contributed by atoms with Crippen molar-refractivity contribution >= 4 is 23.4 Å². The molecule has 5 heteroatoms. The molecule has 0 radical (unpaired) electrons. The van der Waals surface area contributed by atoms with Gasteiger partial charge in [0.25, 0.3) is 0 Å². The van der Waals surface area contributed by atoms with Gasteiger partial charge in [0.2, 0.25) is 0 Å². The zero-order chi connectivity index (χ0) is 13.2. The van der Waals surface area contributed by atoms with E-state index in [0.717, 1.165) is 6.07 Å². The number of anilines is 1. The van der Waals surface area contributed by atoms with E-state index in [1.165, 1.54) is 18.0 Å². The summed E-state index contributed by atoms with van der Waals surface area (Å²) in [4.78, 5) is 11.9. The number of hydrogen-bond donors (Lipinski definition) is 1. The van der Waals surface area contributed by atoms with E-state index in [2.05, 4.69) is 4.72 Å². The Morgan fingerprint density at radius 2 is 1.88 bits per heavy atom. The molecule has 94 valence electrons. The van der Waals surface area contributed by atoms with Crippen LogP contribution in [-0.4, -0.2) is 12.0 Å². The van der Waals surface area contributed by atoms with Crippen LogP contribution in [0, 0.1) is 17.0 Å². The maximum Gasteiger partial charge on any atom is 0.174 e. The van der Waals surface area contributed by atoms with Crippen molar-refractivity contribution in [2.75, 3.05) is 11.0 Å². The van der Waals surface area contributed by atoms with E-state index in [0.29, 0.717) is 0 Å². The van der Waals surface area contributed by atoms with E-state index >= 15 is 0 Å². The number of Topliss-reactive ketones (excluding diaryl/α,β-unsaturated/α-hetero) is 1. The van der Waals surface area contributed by atoms with Gasteiger partial charge in [0.1, 0.15) is 5.82 Å². The Kier molecular flexibility index (Phi) is 4.14. The molecule has 0 aliphatic heterocycles. The van der Waals surface area contributed by atoms with Crippen molar-refractivity contribution in [2.45, 2.75) is 20.8 Å². The Balaban J connectivity index is 3.32. The first kappa shape index (κ1) is 14.0. The number of rotatable bonds is 3. The van der Waals surface area contributed by atoms with Gasteiger partial charge in [-0.05, 0) is 12.1 Å². The molecule has 0 saturated carbocycles. The van der Waals surface area contributed by atoms with Crippen LogP contribution in [0.25, 0.3) is 0 Å². The van der Waals surface area contributed by atoms with Crippen molar-refractivity contribution in [3.63, 3.8) is 0 Å². The Morgan fingerprint density at radius 3 is 2.35 bits per heavy atom. The van der Waals surface area contributed by atoms with Crippen LogP contribution in [0.15, 0.2) is 12.1 Å². The Hall–Kier alpha value is -1.10. The van der Waals surface area contributed by atoms with Crippen molar-refractivity contribution < 1.29 is 13.6 Å². The normalized spacial score (nSPS) is 11.4. The monoisotopic (exact) mass is 259 g/mol. The summed E-state index contributed by atoms with van der Waals surface area (Å²) in [7, 11) is 0. The lowest BCUT2D eigenvalue weighted by atomic mass is 9.86. The van der Waals surface area contributed by atoms with Gasteiger partial charge in [0, 0.05) is 11.7 Å². The number of hydrogen-bond acceptors (Lipinski definition) is 3. The summed E-state index contributed by atoms with van der Waals surface area (Å²) in [5.74, 6) is -2.20. The zero-order valence-electron chi connectivity index (χ0n) is 10.2. The van der Waals surface area contributed by atoms with E-state index in [-0.39, 0.29) is 5.69 Å². The number of carbonyl (C=O) groups excluding carboxylic acids is 1. The molecule has 0 aliphatic carbocycles. The minimum absolute atomic E-state index is 0.117. The Bertz CT molecular complexity index is 441. The molecule has 0 spiro atoms. The lowest BCUT2D eigenvalue weighted by Gasteiger charge is -2.18. The van der Waals surface area contributed by atoms with Crippen LogP contribution >= 0.6 is 11.9 Å². The van der Waals surface area contributed by atoms with Crippen molar-refractivity contribution in [1.29, 1.82) is 0 Å². The maximum atomic E-state index is 14.0. The molecule has 1 aromatic rings. The third kappa shape index (κ3) is 2.97. The van der Waals surface area contributed by atoms with Gasteiger partial charge in [-0.1, -0.05) is 32.7 Å². The van der Waals surface area contributed by atoms with Gasteiger partial charge in [-0.25, -0.2) is 8.78 Å². The summed E-state index contributed by atoms with van der Waals surface area (Å²) in [5.41, 5.74) is -1.18. The van der Waals surface area contributed by atoms with E-state index < -0.39 is 28.4 Å². The van der Waals surface area contributed by atoms with Gasteiger partial charge in [-0.3, -0.25) is 4.79 Å². The molecule has 0 unspecified atom stereocenters. The molecule has 1 N–H and O–H groups in total. The molecule has 0 heterocycles. The first-order chi connectivity index (χ1) is 7.79. The van der Waals surface area contributed by atoms with Crippen molar-refractivity contribution in [2.24, 2.45) is 5.41 Å². The van der Waals surface area contributed by atoms with Crippen molar-refractivity contribution in [3.8, 4) is 0 Å². The summed E-state index contributed by atoms with van der Waals surface area (Å²) >= 11 is 1.18. The van der Waals surface area contributed by atoms with Crippen LogP contribution in [0.3, 0.4) is 0 Å². The molecule has 1 aromatic carbocycles. The summed E-state index contributed by atoms with van der Waals surface area (Å²) in [5, 5.41) is 0. The van der Waals surface area contributed by atoms with Gasteiger partial charge in [-0.2, -0.15) is 0 Å². The van der Waals surface area contributed by atoms with Gasteiger partial charge in [0.05, 0.1) is 11.3 Å². The van der Waals surface area contributed by atoms with Crippen LogP contribution in [-0.2, 0) is 0 Å². The van der Waals surface area contributed by atoms with Crippen LogP contribution in [0.2, 0.25) is 0 Å². The van der Waals surface area contributed by atoms with Crippen LogP contribution in [0.5, 0.6) is 0 Å². The number of ketones is 1. The number of benzene rings is 1. The highest BCUT2D eigenvalue weighted by Crippen LogP contribution is 2.29. The average Bonchev–Trinajstić information content (AvgIpc) is 2.21. The molecule has 17 heavy (non-hydrogen) atoms. The van der Waals surface area contributed by atoms with Crippen LogP contribution in [0.1, 0.15) is 31.1 Å². The standard InChI is InChI=1S/C12H15F2NOS/c1-12(2,3)11(16)9-7(13)5-6-8(10(9)14)15-17-4/h5-6,15H,1-4H3. The van der Waals surface area contributed by atoms with Gasteiger partial charge in [0.15, 0.2) is 11.6 Å². The molecule has 0 saturated heterocycles. The zero-order valence-corrected chi connectivity index (χ0v) is 11.0. The fourth-order valence-corrected chi connectivity index (χ4v) is 1.70. The molecule has 2 nitrogen and oxygen atoms in total. The predicted molar refractivity (Wildman–Crippen MR) is 67.3 cm³/mol. The van der Waals surface area contributed by atoms with Crippen LogP contribution < -0.4 is 4.72 Å². The molecule has 0 aromatic heterocycles. The Labute approximate surface area is 104 Å². The summed E-state index contributed by atoms with van der Waals surface area (Å²) in [6.07, 6.45) is 1.72. The SMILES string of the molecule is CSNc1ccc(F)c(C(=O)C(C)(C)C)c1F. The Morgan fingerprint density at radius 1 is 1.29 bits per heavy atom. The smallest absolute Gasteiger partial charge is 0.174 e. The minimum Gasteiger partial charge on any atom is -0.327 e. The average molecular weight is 259 g/mol. The van der Waals surface area contributed by atoms with Crippen molar-refractivity contribution in [1.82, 2.24) is 0 Å². The largest absolute Gasteiger partial charge is 0.327 e. The first-order valence-electron chi connectivity index (χ1n) is 5.11. The van der Waals surface area contributed by atoms with Crippen LogP contribution in [0.4, 0.5) is 14.5 Å². The van der Waals surface area contributed by atoms with Crippen molar-refractivity contribution in [3.05, 3.63) is 29.3 Å². The molecule has 0 atom stereocenters. The third-order valence-electron chi connectivity index (χ3n) is 2.21. The quantitative estimate of drug-likeness (QED) is 0.659. The second-order valence-corrected chi connectivity index (χ2v) is 5.28. The van der Waals surface area contributed by atoms with Gasteiger partial charge in [-0.15, -0.1) is 0 Å². The van der Waals surface area contributed by atoms with E-state index in [1.54, 1.807) is 27.0 Å². The molecular formula is C12H15F2NOS. The highest BCUT2D eigenvalue weighted by molar-refractivity contribution is 7.99. The lowest BCUT2D eigenvalue weighted by Crippen LogP contribution is -2.23. The lowest BCUT2D eigenvalue weighted by molar-refractivity contribution is 0.0849. The van der Waals surface area contributed by atoms with E-state index in [9.17, 15) is 13.6 Å². The highest BCUT2D eigenvalue weighted by Gasteiger charge is 2.29. The second-order valence-electron chi connectivity index (χ2n) is 4.67. The highest BCUT2D eigenvalue weighted by atomic mass is 32.2. The first-order valence-corrected chi connectivity index (χ1v) is 6.33. The summed E-state index contributed by atoms with van der Waals surface area (Å²) in [6.45, 7) is 4.88. The van der Waals surface area contributed by atoms with Gasteiger partial charge >= 0.3 is 0 Å². The molecular weight excluding hydrogens is 244 g/mol. The van der Waals surface area contributed by atoms with E-state index in [4.69, 9.17) is 0 Å². The summed E-state index contributed by atoms with van der Waals surface area (Å²) in [6, 6.07) is 2.38. The van der Waals surface area contributed by atoms with E-state index in [1.807, 2.05) is 0 Å². The topological polar surface area (TPSA) is 29.1 Å². The fourth-order valence-electron chi connectivity index (χ4n) is 1.32. The number of halogens is 2. The predicted octanol–water partition coefficient (Wildman–Crippen LogP) is 3.88. The number of carbonyl (C=O) groups is 1. The second kappa shape index (κ2) is 5.04. The number of nitrogens with one attached hydrogen (secondary N) is 1. The maximum absolute atomic E-state index is 14.0. The molecule has 0 amide bonds. The molecule has 0 fully saturated rings. The fraction of sp³-hybridized carbons (Fsp3) is 0.417. The summed E-state index contributed by atoms with van der Waals surface area (Å²) < 4.78 is 30.2.